The Labute approximate surface area is 188 Å². The van der Waals surface area contributed by atoms with E-state index < -0.39 is 0 Å². The highest BCUT2D eigenvalue weighted by Crippen LogP contribution is 2.33. The Kier molecular flexibility index (Phi) is 5.86. The van der Waals surface area contributed by atoms with Crippen molar-refractivity contribution in [3.05, 3.63) is 59.4 Å². The lowest BCUT2D eigenvalue weighted by molar-refractivity contribution is -0.121. The molecule has 3 heterocycles. The first-order chi connectivity index (χ1) is 15.5. The fraction of sp³-hybridized carbons (Fsp3) is 0.458. The quantitative estimate of drug-likeness (QED) is 0.679. The van der Waals surface area contributed by atoms with Crippen LogP contribution in [0, 0.1) is 5.82 Å². The number of amides is 1. The van der Waals surface area contributed by atoms with Gasteiger partial charge in [0.25, 0.3) is 0 Å². The Morgan fingerprint density at radius 3 is 2.50 bits per heavy atom. The van der Waals surface area contributed by atoms with Crippen LogP contribution in [0.4, 0.5) is 15.8 Å². The van der Waals surface area contributed by atoms with Gasteiger partial charge in [-0.15, -0.1) is 0 Å². The predicted molar refractivity (Wildman–Crippen MR) is 124 cm³/mol. The number of anilines is 2. The minimum absolute atomic E-state index is 0.0333. The number of aryl methyl sites for hydroxylation is 1. The zero-order valence-corrected chi connectivity index (χ0v) is 18.6. The van der Waals surface area contributed by atoms with Crippen molar-refractivity contribution in [2.24, 2.45) is 0 Å². The van der Waals surface area contributed by atoms with Crippen LogP contribution in [0.15, 0.2) is 42.5 Å². The molecule has 0 bridgehead atoms. The molecule has 7 nitrogen and oxygen atoms in total. The summed E-state index contributed by atoms with van der Waals surface area (Å²) in [6, 6.07) is 13.5. The van der Waals surface area contributed by atoms with Crippen molar-refractivity contribution in [3.63, 3.8) is 0 Å². The molecular weight excluding hydrogens is 407 g/mol. The zero-order chi connectivity index (χ0) is 22.2. The number of hydrogen-bond acceptors (Lipinski definition) is 6. The van der Waals surface area contributed by atoms with Crippen molar-refractivity contribution in [2.45, 2.75) is 37.9 Å². The number of halogens is 1. The molecule has 0 aliphatic carbocycles. The molecule has 0 saturated carbocycles. The second-order valence-electron chi connectivity index (χ2n) is 8.94. The minimum atomic E-state index is -0.379. The first-order valence-corrected chi connectivity index (χ1v) is 11.5. The van der Waals surface area contributed by atoms with Gasteiger partial charge in [0, 0.05) is 44.3 Å². The van der Waals surface area contributed by atoms with Crippen LogP contribution in [0.25, 0.3) is 0 Å². The SMILES string of the molecule is CCc1cccc(F)c1N1NC2C(CC1=O)NNC2c1ccc(N2CCN(C)CC2)cc1. The summed E-state index contributed by atoms with van der Waals surface area (Å²) in [5, 5.41) is 1.43. The van der Waals surface area contributed by atoms with E-state index in [1.807, 2.05) is 13.0 Å². The van der Waals surface area contributed by atoms with Gasteiger partial charge in [-0.05, 0) is 42.8 Å². The lowest BCUT2D eigenvalue weighted by atomic mass is 9.93. The van der Waals surface area contributed by atoms with Crippen molar-refractivity contribution in [1.82, 2.24) is 21.2 Å². The number of likely N-dealkylation sites (N-methyl/N-ethyl adjacent to an activating group) is 1. The van der Waals surface area contributed by atoms with Crippen LogP contribution >= 0.6 is 0 Å². The Hall–Kier alpha value is -2.52. The monoisotopic (exact) mass is 438 g/mol. The van der Waals surface area contributed by atoms with E-state index in [1.165, 1.54) is 16.8 Å². The smallest absolute Gasteiger partial charge is 0.243 e. The third kappa shape index (κ3) is 3.88. The van der Waals surface area contributed by atoms with Crippen molar-refractivity contribution >= 4 is 17.3 Å². The molecular formula is C24H31FN6O. The molecule has 0 radical (unpaired) electrons. The second kappa shape index (κ2) is 8.78. The normalized spacial score (nSPS) is 26.5. The second-order valence-corrected chi connectivity index (χ2v) is 8.94. The molecule has 2 aromatic carbocycles. The van der Waals surface area contributed by atoms with Crippen LogP contribution in [-0.4, -0.2) is 56.1 Å². The molecule has 3 saturated heterocycles. The zero-order valence-electron chi connectivity index (χ0n) is 18.6. The molecule has 170 valence electrons. The van der Waals surface area contributed by atoms with Crippen LogP contribution in [0.5, 0.6) is 0 Å². The van der Waals surface area contributed by atoms with E-state index >= 15 is 0 Å². The number of piperazine rings is 1. The molecule has 3 N–H and O–H groups in total. The summed E-state index contributed by atoms with van der Waals surface area (Å²) in [6.07, 6.45) is 0.957. The number of nitrogens with zero attached hydrogens (tertiary/aromatic N) is 3. The lowest BCUT2D eigenvalue weighted by Crippen LogP contribution is -2.60. The highest BCUT2D eigenvalue weighted by Gasteiger charge is 2.44. The van der Waals surface area contributed by atoms with E-state index in [2.05, 4.69) is 57.4 Å². The van der Waals surface area contributed by atoms with Gasteiger partial charge in [-0.25, -0.2) is 20.3 Å². The van der Waals surface area contributed by atoms with Crippen LogP contribution in [0.1, 0.15) is 30.5 Å². The average Bonchev–Trinajstić information content (AvgIpc) is 3.21. The average molecular weight is 439 g/mol. The highest BCUT2D eigenvalue weighted by atomic mass is 19.1. The van der Waals surface area contributed by atoms with Gasteiger partial charge in [-0.1, -0.05) is 31.2 Å². The molecule has 1 amide bonds. The summed E-state index contributed by atoms with van der Waals surface area (Å²) in [5.41, 5.74) is 13.5. The Morgan fingerprint density at radius 2 is 1.78 bits per heavy atom. The number of benzene rings is 2. The molecule has 8 heteroatoms. The van der Waals surface area contributed by atoms with E-state index in [0.717, 1.165) is 37.3 Å². The molecule has 3 fully saturated rings. The number of para-hydroxylation sites is 1. The summed E-state index contributed by atoms with van der Waals surface area (Å²) in [6.45, 7) is 6.18. The number of fused-ring (bicyclic) bond motifs is 1. The van der Waals surface area contributed by atoms with Gasteiger partial charge in [0.1, 0.15) is 5.82 Å². The fourth-order valence-corrected chi connectivity index (χ4v) is 4.98. The fourth-order valence-electron chi connectivity index (χ4n) is 4.98. The van der Waals surface area contributed by atoms with Crippen molar-refractivity contribution < 1.29 is 9.18 Å². The molecule has 3 atom stereocenters. The Bertz CT molecular complexity index is 975. The number of rotatable bonds is 4. The summed E-state index contributed by atoms with van der Waals surface area (Å²) in [5.74, 6) is -0.512. The third-order valence-corrected chi connectivity index (χ3v) is 6.93. The van der Waals surface area contributed by atoms with Crippen LogP contribution in [0.2, 0.25) is 0 Å². The number of hydrazine groups is 2. The minimum Gasteiger partial charge on any atom is -0.369 e. The van der Waals surface area contributed by atoms with E-state index in [9.17, 15) is 9.18 Å². The first-order valence-electron chi connectivity index (χ1n) is 11.5. The highest BCUT2D eigenvalue weighted by molar-refractivity contribution is 5.94. The third-order valence-electron chi connectivity index (χ3n) is 6.93. The van der Waals surface area contributed by atoms with Crippen molar-refractivity contribution in [1.29, 1.82) is 0 Å². The van der Waals surface area contributed by atoms with Gasteiger partial charge in [0.2, 0.25) is 5.91 Å². The Balaban J connectivity index is 1.36. The predicted octanol–water partition coefficient (Wildman–Crippen LogP) is 1.97. The van der Waals surface area contributed by atoms with Gasteiger partial charge < -0.3 is 9.80 Å². The number of carbonyl (C=O) groups is 1. The van der Waals surface area contributed by atoms with Gasteiger partial charge in [0.05, 0.1) is 17.8 Å². The maximum atomic E-state index is 14.7. The van der Waals surface area contributed by atoms with E-state index in [-0.39, 0.29) is 29.8 Å². The van der Waals surface area contributed by atoms with Crippen molar-refractivity contribution in [2.75, 3.05) is 43.1 Å². The maximum Gasteiger partial charge on any atom is 0.243 e. The first kappa shape index (κ1) is 21.3. The summed E-state index contributed by atoms with van der Waals surface area (Å²) >= 11 is 0. The molecule has 3 aliphatic rings. The maximum absolute atomic E-state index is 14.7. The number of hydrogen-bond donors (Lipinski definition) is 3. The molecule has 0 spiro atoms. The van der Waals surface area contributed by atoms with E-state index in [0.29, 0.717) is 18.5 Å². The van der Waals surface area contributed by atoms with Gasteiger partial charge in [-0.2, -0.15) is 0 Å². The molecule has 0 aromatic heterocycles. The summed E-state index contributed by atoms with van der Waals surface area (Å²) < 4.78 is 14.7. The summed E-state index contributed by atoms with van der Waals surface area (Å²) in [7, 11) is 2.16. The van der Waals surface area contributed by atoms with Crippen LogP contribution in [-0.2, 0) is 11.2 Å². The number of carbonyl (C=O) groups excluding carboxylic acids is 1. The molecule has 32 heavy (non-hydrogen) atoms. The lowest BCUT2D eigenvalue weighted by Gasteiger charge is -2.38. The molecule has 3 aliphatic heterocycles. The molecule has 2 aromatic rings. The largest absolute Gasteiger partial charge is 0.369 e. The van der Waals surface area contributed by atoms with Gasteiger partial charge in [0.15, 0.2) is 0 Å². The molecule has 3 unspecified atom stereocenters. The van der Waals surface area contributed by atoms with Crippen LogP contribution < -0.4 is 26.2 Å². The van der Waals surface area contributed by atoms with E-state index in [4.69, 9.17) is 0 Å². The molecule has 5 rings (SSSR count). The van der Waals surface area contributed by atoms with Gasteiger partial charge in [-0.3, -0.25) is 10.2 Å². The van der Waals surface area contributed by atoms with Gasteiger partial charge >= 0.3 is 0 Å². The summed E-state index contributed by atoms with van der Waals surface area (Å²) in [4.78, 5) is 17.6. The Morgan fingerprint density at radius 1 is 1.03 bits per heavy atom. The standard InChI is InChI=1S/C24H31FN6O/c1-3-16-5-4-6-19(25)24(16)31-21(32)15-20-23(28-31)22(27-26-20)17-7-9-18(10-8-17)30-13-11-29(2)12-14-30/h4-10,20,22-23,26-28H,3,11-15H2,1-2H3. The van der Waals surface area contributed by atoms with Crippen molar-refractivity contribution in [3.8, 4) is 0 Å². The van der Waals surface area contributed by atoms with Crippen LogP contribution in [0.3, 0.4) is 0 Å². The van der Waals surface area contributed by atoms with E-state index in [1.54, 1.807) is 6.07 Å². The number of nitrogens with one attached hydrogen (secondary N) is 3. The topological polar surface area (TPSA) is 62.9 Å².